The summed E-state index contributed by atoms with van der Waals surface area (Å²) in [5.74, 6) is 0.359. The second-order valence-electron chi connectivity index (χ2n) is 8.15. The van der Waals surface area contributed by atoms with Crippen molar-refractivity contribution in [3.8, 4) is 0 Å². The average molecular weight is 424 g/mol. The lowest BCUT2D eigenvalue weighted by Gasteiger charge is -2.36. The zero-order valence-electron chi connectivity index (χ0n) is 17.5. The van der Waals surface area contributed by atoms with E-state index in [2.05, 4.69) is 16.5 Å². The van der Waals surface area contributed by atoms with Gasteiger partial charge in [-0.1, -0.05) is 24.6 Å². The lowest BCUT2D eigenvalue weighted by molar-refractivity contribution is -0.140. The van der Waals surface area contributed by atoms with Gasteiger partial charge in [0.25, 0.3) is 0 Å². The molecule has 2 fully saturated rings. The summed E-state index contributed by atoms with van der Waals surface area (Å²) in [6.07, 6.45) is 3.00. The number of aryl methyl sites for hydroxylation is 1. The van der Waals surface area contributed by atoms with Crippen molar-refractivity contribution in [2.75, 3.05) is 45.9 Å². The SMILES string of the molecule is CCC1CN(C(=O)CN2CCCC(CNS(=O)(=O)c3ccc(C)cc3)C2)CCO1. The zero-order valence-corrected chi connectivity index (χ0v) is 18.3. The molecule has 162 valence electrons. The van der Waals surface area contributed by atoms with Crippen LogP contribution in [0.3, 0.4) is 0 Å². The number of rotatable bonds is 7. The van der Waals surface area contributed by atoms with Crippen molar-refractivity contribution in [2.24, 2.45) is 5.92 Å². The van der Waals surface area contributed by atoms with E-state index < -0.39 is 10.0 Å². The third-order valence-corrected chi connectivity index (χ3v) is 7.24. The van der Waals surface area contributed by atoms with Crippen LogP contribution in [0.1, 0.15) is 31.7 Å². The fourth-order valence-corrected chi connectivity index (χ4v) is 5.09. The molecule has 7 nitrogen and oxygen atoms in total. The van der Waals surface area contributed by atoms with Gasteiger partial charge < -0.3 is 9.64 Å². The average Bonchev–Trinajstić information content (AvgIpc) is 2.73. The van der Waals surface area contributed by atoms with Crippen LogP contribution in [0.25, 0.3) is 0 Å². The van der Waals surface area contributed by atoms with E-state index >= 15 is 0 Å². The Morgan fingerprint density at radius 2 is 1.97 bits per heavy atom. The number of amides is 1. The number of ether oxygens (including phenoxy) is 1. The second-order valence-corrected chi connectivity index (χ2v) is 9.92. The third kappa shape index (κ3) is 6.25. The molecule has 8 heteroatoms. The Morgan fingerprint density at radius 3 is 2.69 bits per heavy atom. The van der Waals surface area contributed by atoms with Gasteiger partial charge in [0.1, 0.15) is 0 Å². The standard InChI is InChI=1S/C21H33N3O4S/c1-3-19-15-24(11-12-28-19)21(25)16-23-10-4-5-18(14-23)13-22-29(26,27)20-8-6-17(2)7-9-20/h6-9,18-19,22H,3-5,10-16H2,1-2H3. The van der Waals surface area contributed by atoms with Gasteiger partial charge in [-0.15, -0.1) is 0 Å². The maximum absolute atomic E-state index is 12.7. The number of likely N-dealkylation sites (tertiary alicyclic amines) is 1. The van der Waals surface area contributed by atoms with Crippen molar-refractivity contribution in [1.29, 1.82) is 0 Å². The number of nitrogens with zero attached hydrogens (tertiary/aromatic N) is 2. The van der Waals surface area contributed by atoms with Gasteiger partial charge in [-0.25, -0.2) is 13.1 Å². The first-order chi connectivity index (χ1) is 13.9. The summed E-state index contributed by atoms with van der Waals surface area (Å²) in [4.78, 5) is 17.0. The topological polar surface area (TPSA) is 79.0 Å². The van der Waals surface area contributed by atoms with E-state index in [0.29, 0.717) is 37.7 Å². The van der Waals surface area contributed by atoms with Crippen molar-refractivity contribution in [3.63, 3.8) is 0 Å². The van der Waals surface area contributed by atoms with Crippen LogP contribution in [0.2, 0.25) is 0 Å². The smallest absolute Gasteiger partial charge is 0.240 e. The molecule has 2 heterocycles. The minimum absolute atomic E-state index is 0.137. The minimum Gasteiger partial charge on any atom is -0.375 e. The van der Waals surface area contributed by atoms with Crippen LogP contribution in [-0.4, -0.2) is 76.1 Å². The maximum Gasteiger partial charge on any atom is 0.240 e. The van der Waals surface area contributed by atoms with Crippen molar-refractivity contribution in [1.82, 2.24) is 14.5 Å². The lowest BCUT2D eigenvalue weighted by atomic mass is 9.98. The minimum atomic E-state index is -3.50. The Labute approximate surface area is 174 Å². The van der Waals surface area contributed by atoms with Gasteiger partial charge >= 0.3 is 0 Å². The van der Waals surface area contributed by atoms with Gasteiger partial charge in [0, 0.05) is 26.2 Å². The molecule has 29 heavy (non-hydrogen) atoms. The summed E-state index contributed by atoms with van der Waals surface area (Å²) in [6, 6.07) is 6.87. The molecule has 0 aliphatic carbocycles. The Balaban J connectivity index is 1.49. The van der Waals surface area contributed by atoms with E-state index in [-0.39, 0.29) is 17.9 Å². The Kier molecular flexibility index (Phi) is 7.67. The van der Waals surface area contributed by atoms with Crippen molar-refractivity contribution in [2.45, 2.75) is 44.1 Å². The van der Waals surface area contributed by atoms with E-state index in [1.165, 1.54) is 0 Å². The third-order valence-electron chi connectivity index (χ3n) is 5.80. The summed E-state index contributed by atoms with van der Waals surface area (Å²) < 4.78 is 33.4. The molecule has 0 saturated carbocycles. The highest BCUT2D eigenvalue weighted by molar-refractivity contribution is 7.89. The summed E-state index contributed by atoms with van der Waals surface area (Å²) in [7, 11) is -3.50. The van der Waals surface area contributed by atoms with E-state index in [0.717, 1.165) is 37.9 Å². The molecule has 1 aromatic carbocycles. The molecule has 0 radical (unpaired) electrons. The quantitative estimate of drug-likeness (QED) is 0.721. The molecule has 1 aromatic rings. The Morgan fingerprint density at radius 1 is 1.21 bits per heavy atom. The number of sulfonamides is 1. The number of nitrogens with one attached hydrogen (secondary N) is 1. The maximum atomic E-state index is 12.7. The first kappa shape index (κ1) is 22.2. The molecule has 2 aliphatic rings. The lowest BCUT2D eigenvalue weighted by Crippen LogP contribution is -2.50. The van der Waals surface area contributed by atoms with E-state index in [4.69, 9.17) is 4.74 Å². The predicted molar refractivity (Wildman–Crippen MR) is 112 cm³/mol. The largest absolute Gasteiger partial charge is 0.375 e. The second kappa shape index (κ2) is 10.0. The summed E-state index contributed by atoms with van der Waals surface area (Å²) in [5.41, 5.74) is 1.03. The number of benzene rings is 1. The van der Waals surface area contributed by atoms with Gasteiger partial charge in [0.05, 0.1) is 24.2 Å². The number of morpholine rings is 1. The molecule has 2 unspecified atom stereocenters. The molecule has 0 spiro atoms. The fraction of sp³-hybridized carbons (Fsp3) is 0.667. The molecule has 2 saturated heterocycles. The van der Waals surface area contributed by atoms with E-state index in [1.807, 2.05) is 11.8 Å². The van der Waals surface area contributed by atoms with Gasteiger partial charge in [0.15, 0.2) is 0 Å². The number of carbonyl (C=O) groups is 1. The van der Waals surface area contributed by atoms with Crippen molar-refractivity contribution >= 4 is 15.9 Å². The van der Waals surface area contributed by atoms with Crippen molar-refractivity contribution in [3.05, 3.63) is 29.8 Å². The van der Waals surface area contributed by atoms with Gasteiger partial charge in [0.2, 0.25) is 15.9 Å². The molecule has 2 aliphatic heterocycles. The Bertz CT molecular complexity index is 782. The molecule has 0 bridgehead atoms. The summed E-state index contributed by atoms with van der Waals surface area (Å²) >= 11 is 0. The summed E-state index contributed by atoms with van der Waals surface area (Å²) in [5, 5.41) is 0. The molecule has 0 aromatic heterocycles. The van der Waals surface area contributed by atoms with Crippen LogP contribution >= 0.6 is 0 Å². The number of carbonyl (C=O) groups excluding carboxylic acids is 1. The highest BCUT2D eigenvalue weighted by Crippen LogP contribution is 2.18. The van der Waals surface area contributed by atoms with Gasteiger partial charge in [-0.3, -0.25) is 9.69 Å². The highest BCUT2D eigenvalue weighted by atomic mass is 32.2. The van der Waals surface area contributed by atoms with Crippen LogP contribution in [-0.2, 0) is 19.6 Å². The first-order valence-electron chi connectivity index (χ1n) is 10.6. The molecular weight excluding hydrogens is 390 g/mol. The number of piperidine rings is 1. The van der Waals surface area contributed by atoms with Crippen LogP contribution < -0.4 is 4.72 Å². The monoisotopic (exact) mass is 423 g/mol. The van der Waals surface area contributed by atoms with Crippen LogP contribution in [0.4, 0.5) is 0 Å². The van der Waals surface area contributed by atoms with Gasteiger partial charge in [-0.2, -0.15) is 0 Å². The molecule has 1 amide bonds. The fourth-order valence-electron chi connectivity index (χ4n) is 3.97. The van der Waals surface area contributed by atoms with Crippen molar-refractivity contribution < 1.29 is 17.9 Å². The van der Waals surface area contributed by atoms with E-state index in [9.17, 15) is 13.2 Å². The normalized spacial score (nSPS) is 23.9. The van der Waals surface area contributed by atoms with Crippen LogP contribution in [0.5, 0.6) is 0 Å². The molecular formula is C21H33N3O4S. The number of hydrogen-bond acceptors (Lipinski definition) is 5. The van der Waals surface area contributed by atoms with Crippen LogP contribution in [0.15, 0.2) is 29.2 Å². The molecule has 1 N–H and O–H groups in total. The molecule has 3 rings (SSSR count). The first-order valence-corrected chi connectivity index (χ1v) is 12.0. The number of hydrogen-bond donors (Lipinski definition) is 1. The highest BCUT2D eigenvalue weighted by Gasteiger charge is 2.27. The van der Waals surface area contributed by atoms with E-state index in [1.54, 1.807) is 24.3 Å². The molecule has 2 atom stereocenters. The predicted octanol–water partition coefficient (Wildman–Crippen LogP) is 1.62. The van der Waals surface area contributed by atoms with Gasteiger partial charge in [-0.05, 0) is 50.8 Å². The Hall–Kier alpha value is -1.48. The van der Waals surface area contributed by atoms with Crippen LogP contribution in [0, 0.1) is 12.8 Å². The summed E-state index contributed by atoms with van der Waals surface area (Å²) in [6.45, 7) is 8.36. The zero-order chi connectivity index (χ0) is 20.9.